The molecule has 2 aliphatic rings. The van der Waals surface area contributed by atoms with Crippen LogP contribution in [0.2, 0.25) is 0 Å². The Morgan fingerprint density at radius 2 is 1.75 bits per heavy atom. The molecule has 3 N–H and O–H groups in total. The molecule has 48 heavy (non-hydrogen) atoms. The van der Waals surface area contributed by atoms with E-state index in [1.165, 1.54) is 41.0 Å². The number of alkyl halides is 1. The average Bonchev–Trinajstić information content (AvgIpc) is 3.45. The average molecular weight is 656 g/mol. The number of halogens is 1. The van der Waals surface area contributed by atoms with Gasteiger partial charge < -0.3 is 25.4 Å². The highest BCUT2D eigenvalue weighted by atomic mass is 19.1. The van der Waals surface area contributed by atoms with Gasteiger partial charge in [0.25, 0.3) is 0 Å². The van der Waals surface area contributed by atoms with Crippen LogP contribution in [0, 0.1) is 6.92 Å². The van der Waals surface area contributed by atoms with Crippen LogP contribution in [0.4, 0.5) is 15.8 Å². The molecule has 3 aromatic carbocycles. The number of rotatable bonds is 14. The minimum absolute atomic E-state index is 0.0783. The van der Waals surface area contributed by atoms with Gasteiger partial charge in [0, 0.05) is 36.5 Å². The molecule has 3 atom stereocenters. The number of allylic oxidation sites excluding steroid dienone is 3. The largest absolute Gasteiger partial charge is 0.491 e. The van der Waals surface area contributed by atoms with Crippen molar-refractivity contribution in [1.82, 2.24) is 4.90 Å². The van der Waals surface area contributed by atoms with E-state index in [4.69, 9.17) is 4.74 Å². The molecule has 0 amide bonds. The van der Waals surface area contributed by atoms with Crippen molar-refractivity contribution in [2.45, 2.75) is 105 Å². The lowest BCUT2D eigenvalue weighted by atomic mass is 9.87. The van der Waals surface area contributed by atoms with Crippen molar-refractivity contribution >= 4 is 17.3 Å². The van der Waals surface area contributed by atoms with Crippen molar-refractivity contribution < 1.29 is 19.0 Å². The normalized spacial score (nSPS) is 17.9. The zero-order valence-corrected chi connectivity index (χ0v) is 29.6. The molecule has 0 aromatic heterocycles. The van der Waals surface area contributed by atoms with Crippen LogP contribution in [0.1, 0.15) is 106 Å². The number of ether oxygens (including phenoxy) is 1. The Morgan fingerprint density at radius 1 is 1.04 bits per heavy atom. The first-order chi connectivity index (χ1) is 23.2. The standard InChI is InChI=1S/C39H48FN3O3.C2H6/c1-5-10-38(42-36-14-8-7-13-34(36)26(3)6-2)41-35-20-15-28(21-27(35)4)22-37(29-11-9-12-29)43-24-31(40)23-32(43)25-46-33-18-16-30(17-19-33)39(44)45;1-2/h7-8,10,13-21,26,31-32,41-42H,5-6,9,11-12,22-25H2,1-4H3,(H,44,45);1-2H3/b38-10-;. The van der Waals surface area contributed by atoms with Crippen LogP contribution in [-0.4, -0.2) is 41.3 Å². The molecule has 258 valence electrons. The molecular formula is C41H54FN3O3. The lowest BCUT2D eigenvalue weighted by Crippen LogP contribution is -2.36. The minimum Gasteiger partial charge on any atom is -0.491 e. The zero-order chi connectivity index (χ0) is 34.6. The number of carboxylic acid groups (broad SMARTS) is 1. The molecule has 1 aliphatic carbocycles. The summed E-state index contributed by atoms with van der Waals surface area (Å²) in [4.78, 5) is 13.4. The minimum atomic E-state index is -0.970. The molecule has 1 saturated carbocycles. The maximum absolute atomic E-state index is 14.9. The summed E-state index contributed by atoms with van der Waals surface area (Å²) in [5.74, 6) is 1.06. The summed E-state index contributed by atoms with van der Waals surface area (Å²) < 4.78 is 21.0. The molecule has 1 saturated heterocycles. The van der Waals surface area contributed by atoms with Gasteiger partial charge in [0.15, 0.2) is 0 Å². The van der Waals surface area contributed by atoms with Gasteiger partial charge in [-0.1, -0.05) is 70.5 Å². The van der Waals surface area contributed by atoms with Crippen LogP contribution in [0.5, 0.6) is 5.75 Å². The molecule has 6 nitrogen and oxygen atoms in total. The van der Waals surface area contributed by atoms with Gasteiger partial charge in [0.2, 0.25) is 0 Å². The number of carboxylic acids is 1. The fourth-order valence-electron chi connectivity index (χ4n) is 6.36. The Kier molecular flexibility index (Phi) is 13.5. The molecule has 2 fully saturated rings. The number of aryl methyl sites for hydroxylation is 1. The Hall–Kier alpha value is -4.26. The number of hydrogen-bond acceptors (Lipinski definition) is 5. The second-order valence-electron chi connectivity index (χ2n) is 12.7. The molecule has 3 unspecified atom stereocenters. The van der Waals surface area contributed by atoms with E-state index in [-0.39, 0.29) is 11.6 Å². The quantitative estimate of drug-likeness (QED) is 0.161. The lowest BCUT2D eigenvalue weighted by Gasteiger charge is -2.34. The molecular weight excluding hydrogens is 601 g/mol. The maximum Gasteiger partial charge on any atom is 0.335 e. The Balaban J connectivity index is 0.00000255. The number of para-hydroxylation sites is 1. The molecule has 0 spiro atoms. The van der Waals surface area contributed by atoms with E-state index in [1.807, 2.05) is 13.8 Å². The number of nitrogens with one attached hydrogen (secondary N) is 2. The van der Waals surface area contributed by atoms with Gasteiger partial charge in [-0.15, -0.1) is 0 Å². The molecule has 1 aliphatic heterocycles. The molecule has 0 bridgehead atoms. The van der Waals surface area contributed by atoms with E-state index in [1.54, 1.807) is 12.1 Å². The van der Waals surface area contributed by atoms with Crippen LogP contribution in [0.25, 0.3) is 0 Å². The topological polar surface area (TPSA) is 73.8 Å². The number of anilines is 2. The second kappa shape index (κ2) is 17.8. The summed E-state index contributed by atoms with van der Waals surface area (Å²) in [6, 6.07) is 21.4. The summed E-state index contributed by atoms with van der Waals surface area (Å²) in [5.41, 5.74) is 8.73. The van der Waals surface area contributed by atoms with Gasteiger partial charge in [0.1, 0.15) is 24.3 Å². The van der Waals surface area contributed by atoms with E-state index < -0.39 is 12.1 Å². The van der Waals surface area contributed by atoms with Gasteiger partial charge in [-0.2, -0.15) is 0 Å². The van der Waals surface area contributed by atoms with E-state index >= 15 is 0 Å². The summed E-state index contributed by atoms with van der Waals surface area (Å²) in [6.45, 7) is 13.5. The van der Waals surface area contributed by atoms with Crippen LogP contribution >= 0.6 is 0 Å². The molecule has 1 heterocycles. The summed E-state index contributed by atoms with van der Waals surface area (Å²) in [7, 11) is 0. The SMILES string of the molecule is CC.CC/C=C(/Nc1ccc(CC(=C2CCC2)N2CC(F)CC2COc2ccc(C(=O)O)cc2)cc1C)Nc1ccccc1C(C)CC. The van der Waals surface area contributed by atoms with E-state index in [0.717, 1.165) is 54.9 Å². The number of likely N-dealkylation sites (tertiary alicyclic amines) is 1. The number of aromatic carboxylic acids is 1. The van der Waals surface area contributed by atoms with E-state index in [2.05, 4.69) is 91.8 Å². The third-order valence-electron chi connectivity index (χ3n) is 9.33. The monoisotopic (exact) mass is 655 g/mol. The third-order valence-corrected chi connectivity index (χ3v) is 9.33. The van der Waals surface area contributed by atoms with Crippen molar-refractivity contribution in [1.29, 1.82) is 0 Å². The van der Waals surface area contributed by atoms with Gasteiger partial charge in [-0.05, 0) is 104 Å². The summed E-state index contributed by atoms with van der Waals surface area (Å²) >= 11 is 0. The lowest BCUT2D eigenvalue weighted by molar-refractivity contribution is 0.0696. The molecule has 7 heteroatoms. The fourth-order valence-corrected chi connectivity index (χ4v) is 6.36. The highest BCUT2D eigenvalue weighted by Gasteiger charge is 2.35. The summed E-state index contributed by atoms with van der Waals surface area (Å²) in [5, 5.41) is 16.5. The van der Waals surface area contributed by atoms with E-state index in [9.17, 15) is 14.3 Å². The van der Waals surface area contributed by atoms with Crippen molar-refractivity contribution in [3.63, 3.8) is 0 Å². The van der Waals surface area contributed by atoms with Crippen molar-refractivity contribution in [2.24, 2.45) is 0 Å². The van der Waals surface area contributed by atoms with Gasteiger partial charge >= 0.3 is 5.97 Å². The van der Waals surface area contributed by atoms with Gasteiger partial charge in [-0.3, -0.25) is 0 Å². The fraction of sp³-hybridized carbons (Fsp3) is 0.439. The predicted octanol–water partition coefficient (Wildman–Crippen LogP) is 10.5. The molecule has 5 rings (SSSR count). The first kappa shape index (κ1) is 36.6. The molecule has 0 radical (unpaired) electrons. The third kappa shape index (κ3) is 9.42. The number of benzene rings is 3. The maximum atomic E-state index is 14.9. The van der Waals surface area contributed by atoms with Crippen LogP contribution in [0.3, 0.4) is 0 Å². The summed E-state index contributed by atoms with van der Waals surface area (Å²) in [6.07, 6.45) is 7.72. The number of hydrogen-bond donors (Lipinski definition) is 3. The molecule has 3 aromatic rings. The van der Waals surface area contributed by atoms with E-state index in [0.29, 0.717) is 31.2 Å². The highest BCUT2D eigenvalue weighted by molar-refractivity contribution is 5.87. The van der Waals surface area contributed by atoms with Crippen LogP contribution in [0.15, 0.2) is 89.9 Å². The number of nitrogens with zero attached hydrogens (tertiary/aromatic N) is 1. The Morgan fingerprint density at radius 3 is 2.38 bits per heavy atom. The Bertz CT molecular complexity index is 1560. The van der Waals surface area contributed by atoms with Crippen molar-refractivity contribution in [3.05, 3.63) is 112 Å². The first-order valence-corrected chi connectivity index (χ1v) is 17.8. The smallest absolute Gasteiger partial charge is 0.335 e. The van der Waals surface area contributed by atoms with Crippen LogP contribution in [-0.2, 0) is 6.42 Å². The highest BCUT2D eigenvalue weighted by Crippen LogP contribution is 2.37. The first-order valence-electron chi connectivity index (χ1n) is 17.8. The second-order valence-corrected chi connectivity index (χ2v) is 12.7. The number of carbonyl (C=O) groups is 1. The van der Waals surface area contributed by atoms with Crippen molar-refractivity contribution in [3.8, 4) is 5.75 Å². The zero-order valence-electron chi connectivity index (χ0n) is 29.6. The van der Waals surface area contributed by atoms with Gasteiger partial charge in [0.05, 0.1) is 11.6 Å². The Labute approximate surface area is 287 Å². The van der Waals surface area contributed by atoms with Crippen LogP contribution < -0.4 is 15.4 Å². The predicted molar refractivity (Wildman–Crippen MR) is 197 cm³/mol. The van der Waals surface area contributed by atoms with Crippen molar-refractivity contribution in [2.75, 3.05) is 23.8 Å². The van der Waals surface area contributed by atoms with Gasteiger partial charge in [-0.25, -0.2) is 9.18 Å².